The Kier molecular flexibility index (Phi) is 3.66. The van der Waals surface area contributed by atoms with Gasteiger partial charge in [0.1, 0.15) is 5.75 Å². The zero-order valence-electron chi connectivity index (χ0n) is 8.95. The van der Waals surface area contributed by atoms with Crippen molar-refractivity contribution in [1.82, 2.24) is 9.97 Å². The highest BCUT2D eigenvalue weighted by atomic mass is 35.5. The highest BCUT2D eigenvalue weighted by Crippen LogP contribution is 2.28. The van der Waals surface area contributed by atoms with Gasteiger partial charge in [0.2, 0.25) is 11.8 Å². The molecule has 0 aliphatic carbocycles. The van der Waals surface area contributed by atoms with Gasteiger partial charge in [-0.3, -0.25) is 0 Å². The second kappa shape index (κ2) is 5.21. The fourth-order valence-electron chi connectivity index (χ4n) is 1.18. The first-order valence-electron chi connectivity index (χ1n) is 4.83. The van der Waals surface area contributed by atoms with Crippen LogP contribution in [0.4, 0.5) is 5.95 Å². The molecule has 0 bridgehead atoms. The Morgan fingerprint density at radius 2 is 2.00 bits per heavy atom. The first-order valence-corrected chi connectivity index (χ1v) is 5.58. The lowest BCUT2D eigenvalue weighted by Crippen LogP contribution is -1.97. The van der Waals surface area contributed by atoms with Crippen LogP contribution in [-0.4, -0.2) is 17.0 Å². The van der Waals surface area contributed by atoms with E-state index in [1.165, 1.54) is 0 Å². The lowest BCUT2D eigenvalue weighted by Gasteiger charge is -2.06. The summed E-state index contributed by atoms with van der Waals surface area (Å²) in [5.74, 6) is 1.49. The summed E-state index contributed by atoms with van der Waals surface area (Å²) in [5.41, 5.74) is 0. The van der Waals surface area contributed by atoms with Crippen LogP contribution in [0.5, 0.6) is 11.6 Å². The molecule has 0 unspecified atom stereocenters. The van der Waals surface area contributed by atoms with Gasteiger partial charge >= 0.3 is 0 Å². The molecule has 2 aromatic rings. The Bertz CT molecular complexity index is 534. The zero-order valence-corrected chi connectivity index (χ0v) is 10.5. The van der Waals surface area contributed by atoms with Crippen LogP contribution in [0.1, 0.15) is 0 Å². The van der Waals surface area contributed by atoms with Crippen molar-refractivity contribution < 1.29 is 4.74 Å². The molecule has 0 spiro atoms. The molecular formula is C11H9Cl2N3O. The molecule has 0 aliphatic rings. The van der Waals surface area contributed by atoms with E-state index >= 15 is 0 Å². The van der Waals surface area contributed by atoms with Crippen molar-refractivity contribution in [3.05, 3.63) is 40.5 Å². The average molecular weight is 270 g/mol. The topological polar surface area (TPSA) is 47.0 Å². The number of hydrogen-bond donors (Lipinski definition) is 1. The van der Waals surface area contributed by atoms with Crippen LogP contribution in [-0.2, 0) is 0 Å². The molecule has 4 nitrogen and oxygen atoms in total. The smallest absolute Gasteiger partial charge is 0.225 e. The number of anilines is 1. The minimum absolute atomic E-state index is 0.433. The Hall–Kier alpha value is -1.52. The maximum absolute atomic E-state index is 5.88. The Morgan fingerprint density at radius 3 is 2.71 bits per heavy atom. The number of hydrogen-bond acceptors (Lipinski definition) is 4. The van der Waals surface area contributed by atoms with Crippen molar-refractivity contribution in [2.75, 3.05) is 12.4 Å². The van der Waals surface area contributed by atoms with Crippen LogP contribution >= 0.6 is 23.2 Å². The number of nitrogens with zero attached hydrogens (tertiary/aromatic N) is 2. The monoisotopic (exact) mass is 269 g/mol. The van der Waals surface area contributed by atoms with Crippen molar-refractivity contribution in [2.45, 2.75) is 0 Å². The maximum Gasteiger partial charge on any atom is 0.225 e. The summed E-state index contributed by atoms with van der Waals surface area (Å²) in [7, 11) is 1.73. The van der Waals surface area contributed by atoms with E-state index in [2.05, 4.69) is 15.3 Å². The standard InChI is InChI=1S/C11H9Cl2N3O/c1-14-11-15-5-4-10(16-11)17-7-2-3-8(12)9(13)6-7/h2-6H,1H3,(H,14,15,16). The summed E-state index contributed by atoms with van der Waals surface area (Å²) in [6, 6.07) is 6.67. The lowest BCUT2D eigenvalue weighted by molar-refractivity contribution is 0.462. The molecule has 0 saturated heterocycles. The molecule has 88 valence electrons. The van der Waals surface area contributed by atoms with Crippen LogP contribution in [0.3, 0.4) is 0 Å². The van der Waals surface area contributed by atoms with Gasteiger partial charge in [0.25, 0.3) is 0 Å². The molecule has 2 rings (SSSR count). The van der Waals surface area contributed by atoms with Crippen molar-refractivity contribution >= 4 is 29.2 Å². The predicted octanol–water partition coefficient (Wildman–Crippen LogP) is 3.62. The Morgan fingerprint density at radius 1 is 1.18 bits per heavy atom. The third-order valence-electron chi connectivity index (χ3n) is 1.97. The molecule has 0 saturated carbocycles. The summed E-state index contributed by atoms with van der Waals surface area (Å²) < 4.78 is 5.52. The van der Waals surface area contributed by atoms with Crippen LogP contribution in [0.2, 0.25) is 10.0 Å². The lowest BCUT2D eigenvalue weighted by atomic mass is 10.3. The SMILES string of the molecule is CNc1nccc(Oc2ccc(Cl)c(Cl)c2)n1. The van der Waals surface area contributed by atoms with Gasteiger partial charge in [0, 0.05) is 25.4 Å². The average Bonchev–Trinajstić information content (AvgIpc) is 2.34. The summed E-state index contributed by atoms with van der Waals surface area (Å²) in [4.78, 5) is 8.10. The zero-order chi connectivity index (χ0) is 12.3. The largest absolute Gasteiger partial charge is 0.439 e. The molecule has 1 aromatic carbocycles. The van der Waals surface area contributed by atoms with E-state index in [0.29, 0.717) is 27.6 Å². The normalized spacial score (nSPS) is 10.1. The molecule has 1 N–H and O–H groups in total. The maximum atomic E-state index is 5.88. The predicted molar refractivity (Wildman–Crippen MR) is 68.1 cm³/mol. The van der Waals surface area contributed by atoms with Crippen molar-refractivity contribution in [3.8, 4) is 11.6 Å². The first kappa shape index (κ1) is 12.0. The van der Waals surface area contributed by atoms with E-state index in [-0.39, 0.29) is 0 Å². The molecule has 0 atom stereocenters. The van der Waals surface area contributed by atoms with E-state index < -0.39 is 0 Å². The number of benzene rings is 1. The van der Waals surface area contributed by atoms with Gasteiger partial charge in [-0.15, -0.1) is 0 Å². The minimum Gasteiger partial charge on any atom is -0.439 e. The van der Waals surface area contributed by atoms with Crippen LogP contribution in [0.25, 0.3) is 0 Å². The van der Waals surface area contributed by atoms with E-state index in [1.54, 1.807) is 37.5 Å². The van der Waals surface area contributed by atoms with E-state index in [4.69, 9.17) is 27.9 Å². The van der Waals surface area contributed by atoms with E-state index in [9.17, 15) is 0 Å². The van der Waals surface area contributed by atoms with Gasteiger partial charge < -0.3 is 10.1 Å². The van der Waals surface area contributed by atoms with Crippen LogP contribution in [0, 0.1) is 0 Å². The number of aromatic nitrogens is 2. The molecule has 1 heterocycles. The van der Waals surface area contributed by atoms with E-state index in [0.717, 1.165) is 0 Å². The quantitative estimate of drug-likeness (QED) is 0.925. The molecule has 0 fully saturated rings. The second-order valence-electron chi connectivity index (χ2n) is 3.15. The van der Waals surface area contributed by atoms with Gasteiger partial charge in [-0.25, -0.2) is 4.98 Å². The second-order valence-corrected chi connectivity index (χ2v) is 3.96. The van der Waals surface area contributed by atoms with Gasteiger partial charge in [-0.2, -0.15) is 4.98 Å². The highest BCUT2D eigenvalue weighted by molar-refractivity contribution is 6.42. The van der Waals surface area contributed by atoms with Gasteiger partial charge in [-0.05, 0) is 12.1 Å². The molecule has 0 radical (unpaired) electrons. The molecule has 0 amide bonds. The molecule has 17 heavy (non-hydrogen) atoms. The van der Waals surface area contributed by atoms with E-state index in [1.807, 2.05) is 0 Å². The molecular weight excluding hydrogens is 261 g/mol. The molecule has 0 aliphatic heterocycles. The first-order chi connectivity index (χ1) is 8.19. The third-order valence-corrected chi connectivity index (χ3v) is 2.71. The van der Waals surface area contributed by atoms with Gasteiger partial charge in [0.05, 0.1) is 10.0 Å². The summed E-state index contributed by atoms with van der Waals surface area (Å²) >= 11 is 11.7. The number of rotatable bonds is 3. The number of nitrogens with one attached hydrogen (secondary N) is 1. The summed E-state index contributed by atoms with van der Waals surface area (Å²) in [5, 5.41) is 3.75. The Balaban J connectivity index is 2.22. The fraction of sp³-hybridized carbons (Fsp3) is 0.0909. The highest BCUT2D eigenvalue weighted by Gasteiger charge is 2.03. The number of halogens is 2. The number of ether oxygens (including phenoxy) is 1. The Labute approximate surface area is 109 Å². The van der Waals surface area contributed by atoms with Crippen molar-refractivity contribution in [3.63, 3.8) is 0 Å². The third kappa shape index (κ3) is 2.99. The molecule has 1 aromatic heterocycles. The van der Waals surface area contributed by atoms with Crippen LogP contribution < -0.4 is 10.1 Å². The van der Waals surface area contributed by atoms with Crippen molar-refractivity contribution in [2.24, 2.45) is 0 Å². The summed E-state index contributed by atoms with van der Waals surface area (Å²) in [6.45, 7) is 0. The van der Waals surface area contributed by atoms with Gasteiger partial charge in [0.15, 0.2) is 0 Å². The molecule has 6 heteroatoms. The summed E-state index contributed by atoms with van der Waals surface area (Å²) in [6.07, 6.45) is 1.60. The van der Waals surface area contributed by atoms with Gasteiger partial charge in [-0.1, -0.05) is 23.2 Å². The van der Waals surface area contributed by atoms with Crippen LogP contribution in [0.15, 0.2) is 30.5 Å². The minimum atomic E-state index is 0.433. The fourth-order valence-corrected chi connectivity index (χ4v) is 1.47. The van der Waals surface area contributed by atoms with Crippen molar-refractivity contribution in [1.29, 1.82) is 0 Å².